The Morgan fingerprint density at radius 2 is 1.94 bits per heavy atom. The summed E-state index contributed by atoms with van der Waals surface area (Å²) in [5, 5.41) is 0. The monoisotopic (exact) mass is 527 g/mol. The van der Waals surface area contributed by atoms with Crippen LogP contribution in [-0.2, 0) is 31.6 Å². The van der Waals surface area contributed by atoms with Crippen molar-refractivity contribution in [2.75, 3.05) is 12.3 Å². The van der Waals surface area contributed by atoms with Gasteiger partial charge in [0, 0.05) is 6.42 Å². The van der Waals surface area contributed by atoms with Crippen LogP contribution in [0.4, 0.5) is 14.7 Å². The van der Waals surface area contributed by atoms with E-state index in [2.05, 4.69) is 28.1 Å². The first kappa shape index (κ1) is 25.0. The van der Waals surface area contributed by atoms with Crippen molar-refractivity contribution in [3.8, 4) is 0 Å². The lowest BCUT2D eigenvalue weighted by molar-refractivity contribution is -0.192. The Balaban J connectivity index is 1.73. The number of alkyl halides is 2. The van der Waals surface area contributed by atoms with Crippen molar-refractivity contribution < 1.29 is 59.9 Å². The molecule has 7 N–H and O–H groups in total. The number of halogens is 2. The maximum atomic E-state index is 14.9. The van der Waals surface area contributed by atoms with Crippen molar-refractivity contribution in [1.29, 1.82) is 0 Å². The van der Waals surface area contributed by atoms with Crippen molar-refractivity contribution in [3.63, 3.8) is 0 Å². The molecule has 5 unspecified atom stereocenters. The molecule has 0 spiro atoms. The number of nitrogens with two attached hydrogens (primary N) is 1. The number of fused-ring (bicyclic) bond motifs is 1. The Morgan fingerprint density at radius 1 is 1.28 bits per heavy atom. The summed E-state index contributed by atoms with van der Waals surface area (Å²) in [6.07, 6.45) is -3.69. The maximum Gasteiger partial charge on any atom is 0.490 e. The molecule has 0 bridgehead atoms. The molecule has 180 valence electrons. The molecular formula is C10H14F2N5O12P3. The second-order valence-electron chi connectivity index (χ2n) is 6.20. The minimum absolute atomic E-state index is 0.180. The molecule has 32 heavy (non-hydrogen) atoms. The third-order valence-electron chi connectivity index (χ3n) is 3.81. The molecule has 5 atom stereocenters. The average Bonchev–Trinajstić information content (AvgIpc) is 3.12. The van der Waals surface area contributed by atoms with Crippen LogP contribution in [0.25, 0.3) is 11.2 Å². The van der Waals surface area contributed by atoms with Crippen LogP contribution >= 0.6 is 23.5 Å². The largest absolute Gasteiger partial charge is 0.490 e. The first-order valence-electron chi connectivity index (χ1n) is 8.02. The fourth-order valence-electron chi connectivity index (χ4n) is 2.62. The Bertz CT molecular complexity index is 1230. The number of phosphoric acid groups is 3. The molecule has 1 saturated heterocycles. The van der Waals surface area contributed by atoms with Gasteiger partial charge in [-0.1, -0.05) is 0 Å². The fourth-order valence-corrected chi connectivity index (χ4v) is 5.66. The van der Waals surface area contributed by atoms with E-state index in [1.54, 1.807) is 0 Å². The number of phosphoric ester groups is 1. The van der Waals surface area contributed by atoms with Gasteiger partial charge >= 0.3 is 23.5 Å². The summed E-state index contributed by atoms with van der Waals surface area (Å²) >= 11 is 0. The molecule has 1 aliphatic heterocycles. The number of H-pyrrole nitrogens is 1. The van der Waals surface area contributed by atoms with E-state index >= 15 is 0 Å². The number of imidazole rings is 1. The highest BCUT2D eigenvalue weighted by Crippen LogP contribution is 2.66. The number of rotatable bonds is 8. The normalized spacial score (nSPS) is 27.9. The number of nitrogens with one attached hydrogen (secondary N) is 1. The lowest BCUT2D eigenvalue weighted by Crippen LogP contribution is -2.36. The molecule has 0 radical (unpaired) electrons. The van der Waals surface area contributed by atoms with Crippen molar-refractivity contribution >= 4 is 40.6 Å². The van der Waals surface area contributed by atoms with Gasteiger partial charge in [-0.3, -0.25) is 18.9 Å². The topological polar surface area (TPSA) is 259 Å². The number of nitrogen functional groups attached to an aromatic ring is 1. The van der Waals surface area contributed by atoms with Gasteiger partial charge in [-0.15, -0.1) is 0 Å². The lowest BCUT2D eigenvalue weighted by Gasteiger charge is -2.23. The second kappa shape index (κ2) is 8.30. The van der Waals surface area contributed by atoms with E-state index in [4.69, 9.17) is 25.2 Å². The number of ether oxygens (including phenoxy) is 1. The predicted octanol–water partition coefficient (Wildman–Crippen LogP) is -0.0321. The fraction of sp³-hybridized carbons (Fsp3) is 0.500. The summed E-state index contributed by atoms with van der Waals surface area (Å²) in [5.74, 6) is -3.72. The molecule has 0 aromatic carbocycles. The molecule has 22 heteroatoms. The molecular weight excluding hydrogens is 513 g/mol. The van der Waals surface area contributed by atoms with E-state index in [0.717, 1.165) is 10.9 Å². The maximum absolute atomic E-state index is 14.9. The van der Waals surface area contributed by atoms with Gasteiger partial charge in [0.25, 0.3) is 11.4 Å². The Morgan fingerprint density at radius 3 is 2.56 bits per heavy atom. The number of anilines is 1. The van der Waals surface area contributed by atoms with Gasteiger partial charge < -0.3 is 30.0 Å². The summed E-state index contributed by atoms with van der Waals surface area (Å²) in [5.41, 5.74) is 4.29. The van der Waals surface area contributed by atoms with Crippen LogP contribution in [0.3, 0.4) is 0 Å². The quantitative estimate of drug-likeness (QED) is 0.246. The van der Waals surface area contributed by atoms with E-state index in [-0.39, 0.29) is 17.1 Å². The first-order chi connectivity index (χ1) is 14.5. The third kappa shape index (κ3) is 5.65. The van der Waals surface area contributed by atoms with Gasteiger partial charge in [0.15, 0.2) is 17.3 Å². The SMILES string of the molecule is Nc1nc2c(ncn2C2CC(F)C(F)(COP(=O)(O)OP(=O)(O)OP(=O)(O)O)O2)c(=O)[nH]1. The van der Waals surface area contributed by atoms with Crippen molar-refractivity contribution in [1.82, 2.24) is 19.5 Å². The number of hydrogen-bond donors (Lipinski definition) is 6. The lowest BCUT2D eigenvalue weighted by atomic mass is 10.2. The summed E-state index contributed by atoms with van der Waals surface area (Å²) < 4.78 is 79.7. The highest BCUT2D eigenvalue weighted by atomic mass is 31.3. The van der Waals surface area contributed by atoms with E-state index in [1.165, 1.54) is 0 Å². The Hall–Kier alpha value is -1.62. The molecule has 0 amide bonds. The zero-order valence-electron chi connectivity index (χ0n) is 15.2. The highest BCUT2D eigenvalue weighted by Gasteiger charge is 2.53. The average molecular weight is 527 g/mol. The molecule has 2 aromatic heterocycles. The van der Waals surface area contributed by atoms with Crippen LogP contribution in [0.15, 0.2) is 11.1 Å². The highest BCUT2D eigenvalue weighted by molar-refractivity contribution is 7.66. The van der Waals surface area contributed by atoms with Gasteiger partial charge in [-0.05, 0) is 0 Å². The predicted molar refractivity (Wildman–Crippen MR) is 95.9 cm³/mol. The number of aromatic amines is 1. The number of hydrogen-bond acceptors (Lipinski definition) is 11. The van der Waals surface area contributed by atoms with Crippen LogP contribution in [0.2, 0.25) is 0 Å². The van der Waals surface area contributed by atoms with Gasteiger partial charge in [0.2, 0.25) is 5.95 Å². The van der Waals surface area contributed by atoms with E-state index < -0.39 is 60.3 Å². The molecule has 3 rings (SSSR count). The zero-order valence-corrected chi connectivity index (χ0v) is 17.9. The van der Waals surface area contributed by atoms with Crippen LogP contribution in [-0.4, -0.2) is 57.7 Å². The van der Waals surface area contributed by atoms with Gasteiger partial charge in [0.05, 0.1) is 6.33 Å². The summed E-state index contributed by atoms with van der Waals surface area (Å²) in [4.78, 5) is 56.8. The molecule has 2 aromatic rings. The summed E-state index contributed by atoms with van der Waals surface area (Å²) in [7, 11) is -17.2. The molecule has 3 heterocycles. The Kier molecular flexibility index (Phi) is 6.49. The minimum atomic E-state index is -5.85. The van der Waals surface area contributed by atoms with Gasteiger partial charge in [-0.25, -0.2) is 27.5 Å². The summed E-state index contributed by atoms with van der Waals surface area (Å²) in [6.45, 7) is -1.67. The molecule has 1 fully saturated rings. The van der Waals surface area contributed by atoms with Crippen molar-refractivity contribution in [3.05, 3.63) is 16.7 Å². The summed E-state index contributed by atoms with van der Waals surface area (Å²) in [6, 6.07) is 0. The Labute approximate surface area is 174 Å². The first-order valence-corrected chi connectivity index (χ1v) is 12.5. The van der Waals surface area contributed by atoms with Crippen LogP contribution in [0.5, 0.6) is 0 Å². The second-order valence-corrected chi connectivity index (χ2v) is 10.6. The van der Waals surface area contributed by atoms with Crippen molar-refractivity contribution in [2.24, 2.45) is 0 Å². The zero-order chi connectivity index (χ0) is 24.1. The molecule has 0 saturated carbocycles. The molecule has 0 aliphatic carbocycles. The molecule has 17 nitrogen and oxygen atoms in total. The van der Waals surface area contributed by atoms with E-state index in [0.29, 0.717) is 0 Å². The standard InChI is InChI=1S/C10H14F2N5O12P3/c11-4-1-5(17-3-14-6-7(17)15-9(13)16-8(6)18)27-10(4,12)2-26-31(22,23)29-32(24,25)28-30(19,20)21/h3-5H,1-2H2,(H,22,23)(H,24,25)(H2,19,20,21)(H3,13,15,16,18). The van der Waals surface area contributed by atoms with Gasteiger partial charge in [0.1, 0.15) is 12.8 Å². The number of aromatic nitrogens is 4. The van der Waals surface area contributed by atoms with Crippen LogP contribution in [0.1, 0.15) is 12.6 Å². The smallest absolute Gasteiger partial charge is 0.369 e. The molecule has 1 aliphatic rings. The number of nitrogens with zero attached hydrogens (tertiary/aromatic N) is 3. The minimum Gasteiger partial charge on any atom is -0.369 e. The van der Waals surface area contributed by atoms with Gasteiger partial charge in [-0.2, -0.15) is 13.6 Å². The van der Waals surface area contributed by atoms with E-state index in [9.17, 15) is 32.2 Å². The van der Waals surface area contributed by atoms with E-state index in [1.807, 2.05) is 0 Å². The van der Waals surface area contributed by atoms with Crippen LogP contribution < -0.4 is 11.3 Å². The van der Waals surface area contributed by atoms with Crippen molar-refractivity contribution in [2.45, 2.75) is 24.7 Å². The third-order valence-corrected chi connectivity index (χ3v) is 7.59. The van der Waals surface area contributed by atoms with Crippen LogP contribution in [0, 0.1) is 0 Å².